The summed E-state index contributed by atoms with van der Waals surface area (Å²) < 4.78 is 0. The number of hydrogen-bond donors (Lipinski definition) is 7. The maximum absolute atomic E-state index is 12.8. The third-order valence-corrected chi connectivity index (χ3v) is 4.40. The normalized spacial score (nSPS) is 16.0. The van der Waals surface area contributed by atoms with E-state index < -0.39 is 72.3 Å². The molecular formula is C19H34N4O8. The van der Waals surface area contributed by atoms with Crippen LogP contribution in [0.2, 0.25) is 0 Å². The highest BCUT2D eigenvalue weighted by atomic mass is 16.4. The van der Waals surface area contributed by atoms with Crippen molar-refractivity contribution in [1.82, 2.24) is 16.0 Å². The summed E-state index contributed by atoms with van der Waals surface area (Å²) >= 11 is 0. The van der Waals surface area contributed by atoms with Crippen molar-refractivity contribution >= 4 is 29.7 Å². The van der Waals surface area contributed by atoms with E-state index in [0.29, 0.717) is 0 Å². The molecule has 0 rings (SSSR count). The van der Waals surface area contributed by atoms with Crippen molar-refractivity contribution in [2.45, 2.75) is 77.7 Å². The van der Waals surface area contributed by atoms with Crippen molar-refractivity contribution in [2.24, 2.45) is 17.6 Å². The van der Waals surface area contributed by atoms with Gasteiger partial charge in [0, 0.05) is 0 Å². The number of rotatable bonds is 13. The Labute approximate surface area is 180 Å². The molecule has 0 aliphatic carbocycles. The van der Waals surface area contributed by atoms with Crippen LogP contribution < -0.4 is 21.7 Å². The summed E-state index contributed by atoms with van der Waals surface area (Å²) in [5.74, 6) is -5.71. The van der Waals surface area contributed by atoms with E-state index in [1.165, 1.54) is 6.92 Å². The van der Waals surface area contributed by atoms with Crippen LogP contribution in [-0.2, 0) is 24.0 Å². The fourth-order valence-corrected chi connectivity index (χ4v) is 2.61. The number of nitrogens with one attached hydrogen (secondary N) is 3. The highest BCUT2D eigenvalue weighted by Crippen LogP contribution is 2.09. The number of aliphatic carboxylic acids is 2. The van der Waals surface area contributed by atoms with Crippen molar-refractivity contribution < 1.29 is 39.3 Å². The molecular weight excluding hydrogens is 412 g/mol. The highest BCUT2D eigenvalue weighted by molar-refractivity contribution is 5.94. The maximum atomic E-state index is 12.8. The monoisotopic (exact) mass is 446 g/mol. The Morgan fingerprint density at radius 3 is 1.71 bits per heavy atom. The predicted octanol–water partition coefficient (Wildman–Crippen LogP) is -1.59. The highest BCUT2D eigenvalue weighted by Gasteiger charge is 2.33. The van der Waals surface area contributed by atoms with Gasteiger partial charge in [0.1, 0.15) is 24.2 Å². The van der Waals surface area contributed by atoms with Gasteiger partial charge in [0.25, 0.3) is 0 Å². The lowest BCUT2D eigenvalue weighted by atomic mass is 9.99. The van der Waals surface area contributed by atoms with Gasteiger partial charge in [0.05, 0.1) is 12.5 Å². The number of amides is 3. The van der Waals surface area contributed by atoms with Crippen LogP contribution >= 0.6 is 0 Å². The average Bonchev–Trinajstić information content (AvgIpc) is 2.62. The van der Waals surface area contributed by atoms with Crippen LogP contribution in [0.25, 0.3) is 0 Å². The van der Waals surface area contributed by atoms with Crippen LogP contribution in [0.5, 0.6) is 0 Å². The van der Waals surface area contributed by atoms with Gasteiger partial charge in [-0.2, -0.15) is 0 Å². The molecule has 5 unspecified atom stereocenters. The summed E-state index contributed by atoms with van der Waals surface area (Å²) in [6.45, 7) is 8.20. The number of carboxylic acids is 2. The number of aliphatic hydroxyl groups excluding tert-OH is 1. The van der Waals surface area contributed by atoms with E-state index in [1.807, 2.05) is 0 Å². The molecule has 3 amide bonds. The molecule has 0 heterocycles. The number of carboxylic acid groups (broad SMARTS) is 2. The lowest BCUT2D eigenvalue weighted by Gasteiger charge is -2.27. The van der Waals surface area contributed by atoms with Crippen LogP contribution in [0, 0.1) is 11.8 Å². The Bertz CT molecular complexity index is 665. The van der Waals surface area contributed by atoms with Crippen molar-refractivity contribution in [3.8, 4) is 0 Å². The zero-order chi connectivity index (χ0) is 24.5. The second-order valence-corrected chi connectivity index (χ2v) is 8.18. The van der Waals surface area contributed by atoms with Gasteiger partial charge in [-0.05, 0) is 25.2 Å². The van der Waals surface area contributed by atoms with Gasteiger partial charge in [-0.25, -0.2) is 4.79 Å². The van der Waals surface area contributed by atoms with E-state index in [2.05, 4.69) is 16.0 Å². The first-order valence-corrected chi connectivity index (χ1v) is 9.96. The fourth-order valence-electron chi connectivity index (χ4n) is 2.61. The molecule has 12 heteroatoms. The molecule has 0 radical (unpaired) electrons. The SMILES string of the molecule is CC(C)CC(NC(=O)C(NC(=O)C(N)C(C)O)C(C)C)C(=O)NC(CC(=O)O)C(=O)O. The lowest BCUT2D eigenvalue weighted by molar-refractivity contribution is -0.147. The minimum atomic E-state index is -1.67. The van der Waals surface area contributed by atoms with Crippen molar-refractivity contribution in [3.63, 3.8) is 0 Å². The molecule has 0 fully saturated rings. The third-order valence-electron chi connectivity index (χ3n) is 4.40. The third kappa shape index (κ3) is 10.2. The van der Waals surface area contributed by atoms with E-state index in [-0.39, 0.29) is 12.3 Å². The predicted molar refractivity (Wildman–Crippen MR) is 110 cm³/mol. The van der Waals surface area contributed by atoms with Crippen LogP contribution in [0.1, 0.15) is 47.5 Å². The number of hydrogen-bond acceptors (Lipinski definition) is 7. The number of nitrogens with two attached hydrogens (primary N) is 1. The van der Waals surface area contributed by atoms with E-state index in [0.717, 1.165) is 0 Å². The lowest BCUT2D eigenvalue weighted by Crippen LogP contribution is -2.59. The molecule has 0 saturated heterocycles. The van der Waals surface area contributed by atoms with Crippen molar-refractivity contribution in [1.29, 1.82) is 0 Å². The Morgan fingerprint density at radius 2 is 1.32 bits per heavy atom. The molecule has 0 aromatic rings. The minimum absolute atomic E-state index is 0.0745. The second kappa shape index (κ2) is 12.8. The Morgan fingerprint density at radius 1 is 0.806 bits per heavy atom. The summed E-state index contributed by atoms with van der Waals surface area (Å²) in [5.41, 5.74) is 5.59. The molecule has 0 aromatic heterocycles. The molecule has 12 nitrogen and oxygen atoms in total. The first kappa shape index (κ1) is 28.3. The van der Waals surface area contributed by atoms with Crippen molar-refractivity contribution in [3.05, 3.63) is 0 Å². The molecule has 0 spiro atoms. The Balaban J connectivity index is 5.47. The largest absolute Gasteiger partial charge is 0.481 e. The standard InChI is InChI=1S/C19H34N4O8/c1-8(2)6-11(16(27)22-12(19(30)31)7-13(25)26)21-18(29)15(9(3)4)23-17(28)14(20)10(5)24/h8-12,14-15,24H,6-7,20H2,1-5H3,(H,21,29)(H,22,27)(H,23,28)(H,25,26)(H,30,31). The topological polar surface area (TPSA) is 208 Å². The minimum Gasteiger partial charge on any atom is -0.481 e. The van der Waals surface area contributed by atoms with Gasteiger partial charge in [-0.3, -0.25) is 19.2 Å². The molecule has 5 atom stereocenters. The molecule has 0 bridgehead atoms. The van der Waals surface area contributed by atoms with Gasteiger partial charge in [-0.15, -0.1) is 0 Å². The quantitative estimate of drug-likeness (QED) is 0.174. The van der Waals surface area contributed by atoms with E-state index in [9.17, 15) is 29.1 Å². The summed E-state index contributed by atoms with van der Waals surface area (Å²) in [6.07, 6.45) is -1.83. The van der Waals surface area contributed by atoms with Gasteiger partial charge in [-0.1, -0.05) is 27.7 Å². The van der Waals surface area contributed by atoms with E-state index >= 15 is 0 Å². The van der Waals surface area contributed by atoms with Crippen LogP contribution in [0.15, 0.2) is 0 Å². The summed E-state index contributed by atoms with van der Waals surface area (Å²) in [7, 11) is 0. The zero-order valence-corrected chi connectivity index (χ0v) is 18.4. The molecule has 31 heavy (non-hydrogen) atoms. The first-order chi connectivity index (χ1) is 14.2. The molecule has 8 N–H and O–H groups in total. The average molecular weight is 447 g/mol. The Hall–Kier alpha value is -2.73. The van der Waals surface area contributed by atoms with Crippen molar-refractivity contribution in [2.75, 3.05) is 0 Å². The summed E-state index contributed by atoms with van der Waals surface area (Å²) in [4.78, 5) is 59.6. The zero-order valence-electron chi connectivity index (χ0n) is 18.4. The van der Waals surface area contributed by atoms with Crippen LogP contribution in [0.4, 0.5) is 0 Å². The number of aliphatic hydroxyl groups is 1. The second-order valence-electron chi connectivity index (χ2n) is 8.18. The molecule has 0 aliphatic rings. The van der Waals surface area contributed by atoms with Crippen LogP contribution in [0.3, 0.4) is 0 Å². The smallest absolute Gasteiger partial charge is 0.326 e. The first-order valence-electron chi connectivity index (χ1n) is 9.96. The Kier molecular flexibility index (Phi) is 11.7. The number of carbonyl (C=O) groups is 5. The van der Waals surface area contributed by atoms with E-state index in [4.69, 9.17) is 15.9 Å². The maximum Gasteiger partial charge on any atom is 0.326 e. The van der Waals surface area contributed by atoms with E-state index in [1.54, 1.807) is 27.7 Å². The van der Waals surface area contributed by atoms with Gasteiger partial charge >= 0.3 is 11.9 Å². The van der Waals surface area contributed by atoms with Crippen LogP contribution in [-0.4, -0.2) is 75.3 Å². The molecule has 0 aromatic carbocycles. The number of carbonyl (C=O) groups excluding carboxylic acids is 3. The molecule has 0 aliphatic heterocycles. The van der Waals surface area contributed by atoms with Gasteiger partial charge in [0.15, 0.2) is 0 Å². The molecule has 178 valence electrons. The molecule has 0 saturated carbocycles. The fraction of sp³-hybridized carbons (Fsp3) is 0.737. The van der Waals surface area contributed by atoms with Gasteiger partial charge in [0.2, 0.25) is 17.7 Å². The summed E-state index contributed by atoms with van der Waals surface area (Å²) in [5, 5.41) is 34.5. The summed E-state index contributed by atoms with van der Waals surface area (Å²) in [6, 6.07) is -5.15. The van der Waals surface area contributed by atoms with Gasteiger partial charge < -0.3 is 37.0 Å².